The molecule has 1 rings (SSSR count). The predicted octanol–water partition coefficient (Wildman–Crippen LogP) is 3.23. The Hall–Kier alpha value is -1.58. The monoisotopic (exact) mass is 272 g/mol. The van der Waals surface area contributed by atoms with Crippen LogP contribution in [-0.2, 0) is 9.50 Å². The van der Waals surface area contributed by atoms with Crippen molar-refractivity contribution in [1.82, 2.24) is 0 Å². The fraction of sp³-hybridized carbons (Fsp3) is 0.500. The van der Waals surface area contributed by atoms with E-state index in [0.29, 0.717) is 18.3 Å². The third-order valence-corrected chi connectivity index (χ3v) is 4.15. The van der Waals surface area contributed by atoms with E-state index in [0.717, 1.165) is 0 Å². The number of carbonyl (C=O) groups is 2. The first-order valence-corrected chi connectivity index (χ1v) is 6.82. The van der Waals surface area contributed by atoms with Crippen molar-refractivity contribution in [3.05, 3.63) is 35.4 Å². The van der Waals surface area contributed by atoms with E-state index in [2.05, 4.69) is 0 Å². The third-order valence-electron chi connectivity index (χ3n) is 4.15. The van der Waals surface area contributed by atoms with E-state index >= 15 is 0 Å². The molecule has 1 aromatic rings. The zero-order chi connectivity index (χ0) is 15.5. The molecule has 0 aromatic heterocycles. The summed E-state index contributed by atoms with van der Waals surface area (Å²) in [6, 6.07) is 6.75. The number of hydrogen-bond acceptors (Lipinski definition) is 3. The van der Waals surface area contributed by atoms with E-state index < -0.39 is 11.2 Å². The van der Waals surface area contributed by atoms with Crippen molar-refractivity contribution in [1.29, 1.82) is 0 Å². The normalized spacial score (nSPS) is 12.9. The molecule has 1 unspecified atom stereocenters. The molecule has 1 aromatic carbocycles. The van der Waals surface area contributed by atoms with Gasteiger partial charge in [-0.1, -0.05) is 0 Å². The van der Waals surface area contributed by atoms with Gasteiger partial charge in [0, 0.05) is 0 Å². The molecule has 0 aliphatic carbocycles. The zero-order valence-electron chi connectivity index (χ0n) is 12.8. The van der Waals surface area contributed by atoms with Crippen molar-refractivity contribution in [2.75, 3.05) is 0 Å². The van der Waals surface area contributed by atoms with Crippen molar-refractivity contribution in [2.45, 2.75) is 40.4 Å². The van der Waals surface area contributed by atoms with Gasteiger partial charge in [0.15, 0.2) is 0 Å². The van der Waals surface area contributed by atoms with Crippen LogP contribution in [0.4, 0.5) is 0 Å². The molecule has 106 valence electrons. The number of ketones is 2. The molecule has 3 nitrogen and oxygen atoms in total. The van der Waals surface area contributed by atoms with Gasteiger partial charge in [-0.3, -0.25) is 0 Å². The van der Waals surface area contributed by atoms with Crippen LogP contribution in [0.15, 0.2) is 24.3 Å². The Morgan fingerprint density at radius 1 is 1.20 bits per heavy atom. The van der Waals surface area contributed by atoms with Crippen molar-refractivity contribution >= 4 is 18.7 Å². The van der Waals surface area contributed by atoms with Crippen LogP contribution in [0.2, 0.25) is 0 Å². The predicted molar refractivity (Wildman–Crippen MR) is 79.3 cm³/mol. The summed E-state index contributed by atoms with van der Waals surface area (Å²) in [5, 5.41) is 0. The maximum absolute atomic E-state index is 12.6. The van der Waals surface area contributed by atoms with E-state index in [9.17, 15) is 14.3 Å². The SMILES string of the molecule is CC(=O)c1cccc(C(B=O)C(=O)C(C)(C)C(C)C)c1. The number of rotatable bonds is 6. The first kappa shape index (κ1) is 16.5. The Morgan fingerprint density at radius 2 is 1.80 bits per heavy atom. The number of hydrogen-bond donors (Lipinski definition) is 0. The molecule has 20 heavy (non-hydrogen) atoms. The van der Waals surface area contributed by atoms with Crippen LogP contribution in [0, 0.1) is 11.3 Å². The van der Waals surface area contributed by atoms with Gasteiger partial charge in [0.2, 0.25) is 0 Å². The molecule has 0 N–H and O–H groups in total. The summed E-state index contributed by atoms with van der Waals surface area (Å²) in [5.41, 5.74) is 0.522. The molecule has 0 saturated carbocycles. The van der Waals surface area contributed by atoms with Crippen molar-refractivity contribution in [3.8, 4) is 0 Å². The fourth-order valence-electron chi connectivity index (χ4n) is 1.93. The minimum absolute atomic E-state index is 0.0768. The summed E-state index contributed by atoms with van der Waals surface area (Å²) >= 11 is 0. The standard InChI is InChI=1S/C16H21BO3/c1-10(2)16(4,5)15(19)14(17-20)13-8-6-7-12(9-13)11(3)18/h6-10,14H,1-5H3. The second kappa shape index (κ2) is 6.25. The van der Waals surface area contributed by atoms with Gasteiger partial charge in [-0.2, -0.15) is 0 Å². The molecule has 0 bridgehead atoms. The van der Waals surface area contributed by atoms with Crippen LogP contribution < -0.4 is 0 Å². The van der Waals surface area contributed by atoms with Crippen LogP contribution in [0.1, 0.15) is 56.4 Å². The topological polar surface area (TPSA) is 51.2 Å². The molecule has 0 amide bonds. The number of Topliss-reactive ketones (excluding diaryl/α,β-unsaturated/α-hetero) is 2. The molecule has 0 heterocycles. The molecule has 0 saturated heterocycles. The van der Waals surface area contributed by atoms with E-state index in [-0.39, 0.29) is 17.5 Å². The first-order chi connectivity index (χ1) is 9.21. The Labute approximate surface area is 121 Å². The average Bonchev–Trinajstić information content (AvgIpc) is 2.39. The maximum atomic E-state index is 12.6. The Kier molecular flexibility index (Phi) is 5.15. The number of benzene rings is 1. The van der Waals surface area contributed by atoms with Crippen molar-refractivity contribution < 1.29 is 14.3 Å². The molecule has 4 heteroatoms. The molecule has 0 fully saturated rings. The fourth-order valence-corrected chi connectivity index (χ4v) is 1.93. The summed E-state index contributed by atoms with van der Waals surface area (Å²) in [6.07, 6.45) is 0. The third kappa shape index (κ3) is 3.30. The minimum atomic E-state index is -0.813. The summed E-state index contributed by atoms with van der Waals surface area (Å²) in [5.74, 6) is -0.865. The van der Waals surface area contributed by atoms with Crippen LogP contribution in [0.25, 0.3) is 0 Å². The van der Waals surface area contributed by atoms with Crippen LogP contribution >= 0.6 is 0 Å². The quantitative estimate of drug-likeness (QED) is 0.590. The van der Waals surface area contributed by atoms with Crippen LogP contribution in [0.5, 0.6) is 0 Å². The van der Waals surface area contributed by atoms with E-state index in [1.54, 1.807) is 24.3 Å². The van der Waals surface area contributed by atoms with Gasteiger partial charge < -0.3 is 0 Å². The first-order valence-electron chi connectivity index (χ1n) is 6.82. The summed E-state index contributed by atoms with van der Waals surface area (Å²) in [4.78, 5) is 24.0. The average molecular weight is 272 g/mol. The van der Waals surface area contributed by atoms with Crippen molar-refractivity contribution in [2.24, 2.45) is 11.3 Å². The van der Waals surface area contributed by atoms with Gasteiger partial charge in [-0.15, -0.1) is 0 Å². The van der Waals surface area contributed by atoms with Gasteiger partial charge in [-0.25, -0.2) is 0 Å². The Bertz CT molecular complexity index is 532. The molecule has 1 atom stereocenters. The van der Waals surface area contributed by atoms with Crippen LogP contribution in [0.3, 0.4) is 0 Å². The van der Waals surface area contributed by atoms with Gasteiger partial charge in [-0.05, 0) is 0 Å². The van der Waals surface area contributed by atoms with Gasteiger partial charge in [0.25, 0.3) is 0 Å². The number of carbonyl (C=O) groups excluding carboxylic acids is 2. The molecule has 0 radical (unpaired) electrons. The molecular weight excluding hydrogens is 251 g/mol. The van der Waals surface area contributed by atoms with E-state index in [1.807, 2.05) is 27.7 Å². The van der Waals surface area contributed by atoms with Gasteiger partial charge >= 0.3 is 120 Å². The van der Waals surface area contributed by atoms with Crippen molar-refractivity contribution in [3.63, 3.8) is 0 Å². The van der Waals surface area contributed by atoms with Crippen LogP contribution in [-0.4, -0.2) is 18.7 Å². The summed E-state index contributed by atoms with van der Waals surface area (Å²) < 4.78 is 11.4. The zero-order valence-corrected chi connectivity index (χ0v) is 12.8. The molecule has 0 aliphatic rings. The van der Waals surface area contributed by atoms with Gasteiger partial charge in [0.1, 0.15) is 0 Å². The van der Waals surface area contributed by atoms with Gasteiger partial charge in [0.05, 0.1) is 0 Å². The van der Waals surface area contributed by atoms with E-state index in [1.165, 1.54) is 6.92 Å². The second-order valence-electron chi connectivity index (χ2n) is 6.04. The molecular formula is C16H21BO3. The molecule has 0 aliphatic heterocycles. The Morgan fingerprint density at radius 3 is 2.25 bits per heavy atom. The summed E-state index contributed by atoms with van der Waals surface area (Å²) in [6.45, 7) is 9.10. The summed E-state index contributed by atoms with van der Waals surface area (Å²) in [7, 11) is 0.672. The molecule has 0 spiro atoms. The second-order valence-corrected chi connectivity index (χ2v) is 6.04. The Balaban J connectivity index is 3.20. The van der Waals surface area contributed by atoms with E-state index in [4.69, 9.17) is 0 Å².